The van der Waals surface area contributed by atoms with Gasteiger partial charge in [-0.05, 0) is 37.5 Å². The van der Waals surface area contributed by atoms with Crippen molar-refractivity contribution in [2.24, 2.45) is 5.92 Å². The minimum absolute atomic E-state index is 0.0949. The van der Waals surface area contributed by atoms with Gasteiger partial charge in [-0.25, -0.2) is 0 Å². The van der Waals surface area contributed by atoms with E-state index in [0.29, 0.717) is 40.9 Å². The second-order valence-corrected chi connectivity index (χ2v) is 6.91. The van der Waals surface area contributed by atoms with Crippen LogP contribution in [-0.2, 0) is 9.59 Å². The average Bonchev–Trinajstić information content (AvgIpc) is 3.30. The van der Waals surface area contributed by atoms with Crippen molar-refractivity contribution < 1.29 is 9.59 Å². The molecule has 1 aromatic heterocycles. The Balaban J connectivity index is 1.47. The standard InChI is InChI=1S/C17H18Cl2N4O2/c18-12-6-11(7-13(19)8-12)14-9-15(23-22-14)21-16(24)2-1-5-20-17(25)10-3-4-10/h6-10H,1-5H2,(H,20,25)(H2,21,22,23,24). The van der Waals surface area contributed by atoms with Gasteiger partial charge >= 0.3 is 0 Å². The van der Waals surface area contributed by atoms with E-state index in [-0.39, 0.29) is 17.7 Å². The molecule has 2 aromatic rings. The maximum absolute atomic E-state index is 11.9. The number of aromatic nitrogens is 2. The number of benzene rings is 1. The van der Waals surface area contributed by atoms with Gasteiger partial charge in [-0.1, -0.05) is 23.2 Å². The summed E-state index contributed by atoms with van der Waals surface area (Å²) in [4.78, 5) is 23.4. The molecule has 6 nitrogen and oxygen atoms in total. The number of hydrogen-bond acceptors (Lipinski definition) is 3. The Bertz CT molecular complexity index is 766. The molecule has 3 N–H and O–H groups in total. The Hall–Kier alpha value is -2.05. The zero-order valence-corrected chi connectivity index (χ0v) is 15.0. The van der Waals surface area contributed by atoms with Gasteiger partial charge in [0.2, 0.25) is 11.8 Å². The number of hydrogen-bond donors (Lipinski definition) is 3. The van der Waals surface area contributed by atoms with Gasteiger partial charge in [-0.2, -0.15) is 5.10 Å². The van der Waals surface area contributed by atoms with Crippen LogP contribution in [0.5, 0.6) is 0 Å². The van der Waals surface area contributed by atoms with Crippen LogP contribution in [0.4, 0.5) is 5.82 Å². The summed E-state index contributed by atoms with van der Waals surface area (Å²) in [7, 11) is 0. The SMILES string of the molecule is O=C(CCCNC(=O)C1CC1)Nc1cc(-c2cc(Cl)cc(Cl)c2)[nH]n1. The van der Waals surface area contributed by atoms with Crippen LogP contribution in [0.1, 0.15) is 25.7 Å². The molecule has 1 saturated carbocycles. The summed E-state index contributed by atoms with van der Waals surface area (Å²) >= 11 is 12.0. The highest BCUT2D eigenvalue weighted by Gasteiger charge is 2.28. The summed E-state index contributed by atoms with van der Waals surface area (Å²) in [6.45, 7) is 0.510. The van der Waals surface area contributed by atoms with Crippen LogP contribution in [0.2, 0.25) is 10.0 Å². The molecule has 0 unspecified atom stereocenters. The highest BCUT2D eigenvalue weighted by Crippen LogP contribution is 2.29. The number of nitrogens with zero attached hydrogens (tertiary/aromatic N) is 1. The number of H-pyrrole nitrogens is 1. The van der Waals surface area contributed by atoms with E-state index in [1.54, 1.807) is 24.3 Å². The summed E-state index contributed by atoms with van der Waals surface area (Å²) in [6, 6.07) is 6.88. The van der Waals surface area contributed by atoms with Crippen molar-refractivity contribution in [3.8, 4) is 11.3 Å². The van der Waals surface area contributed by atoms with Gasteiger partial charge in [-0.15, -0.1) is 0 Å². The Morgan fingerprint density at radius 2 is 1.88 bits per heavy atom. The molecule has 0 spiro atoms. The minimum atomic E-state index is -0.150. The van der Waals surface area contributed by atoms with Crippen LogP contribution in [0, 0.1) is 5.92 Å². The Kier molecular flexibility index (Phi) is 5.60. The van der Waals surface area contributed by atoms with Crippen molar-refractivity contribution in [2.75, 3.05) is 11.9 Å². The molecule has 0 radical (unpaired) electrons. The summed E-state index contributed by atoms with van der Waals surface area (Å²) in [6.07, 6.45) is 2.86. The number of anilines is 1. The molecular formula is C17H18Cl2N4O2. The molecule has 2 amide bonds. The van der Waals surface area contributed by atoms with Crippen molar-refractivity contribution >= 4 is 40.8 Å². The maximum Gasteiger partial charge on any atom is 0.225 e. The summed E-state index contributed by atoms with van der Waals surface area (Å²) in [5.41, 5.74) is 1.49. The predicted octanol–water partition coefficient (Wildman–Crippen LogP) is 3.63. The number of carbonyl (C=O) groups excluding carboxylic acids is 2. The first-order chi connectivity index (χ1) is 12.0. The fraction of sp³-hybridized carbons (Fsp3) is 0.353. The molecule has 1 aliphatic rings. The first-order valence-electron chi connectivity index (χ1n) is 8.11. The zero-order valence-electron chi connectivity index (χ0n) is 13.4. The third-order valence-electron chi connectivity index (χ3n) is 3.85. The van der Waals surface area contributed by atoms with Crippen LogP contribution < -0.4 is 10.6 Å². The molecule has 25 heavy (non-hydrogen) atoms. The van der Waals surface area contributed by atoms with E-state index in [4.69, 9.17) is 23.2 Å². The molecule has 0 aliphatic heterocycles. The number of aromatic amines is 1. The number of halogens is 2. The molecule has 1 aromatic carbocycles. The lowest BCUT2D eigenvalue weighted by Gasteiger charge is -2.04. The van der Waals surface area contributed by atoms with E-state index >= 15 is 0 Å². The van der Waals surface area contributed by atoms with Crippen molar-refractivity contribution in [3.05, 3.63) is 34.3 Å². The highest BCUT2D eigenvalue weighted by molar-refractivity contribution is 6.35. The van der Waals surface area contributed by atoms with Crippen LogP contribution in [0.3, 0.4) is 0 Å². The largest absolute Gasteiger partial charge is 0.356 e. The molecule has 0 atom stereocenters. The van der Waals surface area contributed by atoms with Gasteiger partial charge in [0.05, 0.1) is 5.69 Å². The Morgan fingerprint density at radius 1 is 1.16 bits per heavy atom. The molecule has 0 bridgehead atoms. The summed E-state index contributed by atoms with van der Waals surface area (Å²) < 4.78 is 0. The summed E-state index contributed by atoms with van der Waals surface area (Å²) in [5.74, 6) is 0.565. The summed E-state index contributed by atoms with van der Waals surface area (Å²) in [5, 5.41) is 13.5. The molecular weight excluding hydrogens is 363 g/mol. The first kappa shape index (κ1) is 17.8. The van der Waals surface area contributed by atoms with Crippen molar-refractivity contribution in [3.63, 3.8) is 0 Å². The third kappa shape index (κ3) is 5.21. The topological polar surface area (TPSA) is 86.9 Å². The van der Waals surface area contributed by atoms with E-state index in [9.17, 15) is 9.59 Å². The van der Waals surface area contributed by atoms with Gasteiger partial charge in [-0.3, -0.25) is 14.7 Å². The lowest BCUT2D eigenvalue weighted by Crippen LogP contribution is -2.26. The molecule has 1 aliphatic carbocycles. The van der Waals surface area contributed by atoms with Gasteiger partial charge in [0.15, 0.2) is 5.82 Å². The van der Waals surface area contributed by atoms with E-state index in [1.807, 2.05) is 0 Å². The highest BCUT2D eigenvalue weighted by atomic mass is 35.5. The van der Waals surface area contributed by atoms with Gasteiger partial charge in [0.1, 0.15) is 0 Å². The fourth-order valence-corrected chi connectivity index (χ4v) is 2.92. The molecule has 0 saturated heterocycles. The average molecular weight is 381 g/mol. The molecule has 3 rings (SSSR count). The van der Waals surface area contributed by atoms with Crippen LogP contribution in [0.15, 0.2) is 24.3 Å². The molecule has 1 heterocycles. The maximum atomic E-state index is 11.9. The fourth-order valence-electron chi connectivity index (χ4n) is 2.40. The number of amides is 2. The first-order valence-corrected chi connectivity index (χ1v) is 8.86. The van der Waals surface area contributed by atoms with Crippen molar-refractivity contribution in [2.45, 2.75) is 25.7 Å². The lowest BCUT2D eigenvalue weighted by molar-refractivity contribution is -0.122. The van der Waals surface area contributed by atoms with Gasteiger partial charge in [0, 0.05) is 40.6 Å². The van der Waals surface area contributed by atoms with Crippen LogP contribution in [-0.4, -0.2) is 28.6 Å². The number of nitrogens with one attached hydrogen (secondary N) is 3. The van der Waals surface area contributed by atoms with E-state index in [1.165, 1.54) is 0 Å². The van der Waals surface area contributed by atoms with E-state index in [0.717, 1.165) is 18.4 Å². The zero-order chi connectivity index (χ0) is 17.8. The molecule has 8 heteroatoms. The normalized spacial score (nSPS) is 13.5. The molecule has 132 valence electrons. The Labute approximate surface area is 155 Å². The predicted molar refractivity (Wildman–Crippen MR) is 97.6 cm³/mol. The number of carbonyl (C=O) groups is 2. The van der Waals surface area contributed by atoms with Gasteiger partial charge < -0.3 is 10.6 Å². The van der Waals surface area contributed by atoms with Crippen molar-refractivity contribution in [1.29, 1.82) is 0 Å². The van der Waals surface area contributed by atoms with E-state index < -0.39 is 0 Å². The number of rotatable bonds is 7. The van der Waals surface area contributed by atoms with Crippen LogP contribution in [0.25, 0.3) is 11.3 Å². The monoisotopic (exact) mass is 380 g/mol. The lowest BCUT2D eigenvalue weighted by atomic mass is 10.1. The quantitative estimate of drug-likeness (QED) is 0.640. The third-order valence-corrected chi connectivity index (χ3v) is 4.28. The second kappa shape index (κ2) is 7.89. The van der Waals surface area contributed by atoms with E-state index in [2.05, 4.69) is 20.8 Å². The Morgan fingerprint density at radius 3 is 2.56 bits per heavy atom. The molecule has 1 fully saturated rings. The smallest absolute Gasteiger partial charge is 0.225 e. The second-order valence-electron chi connectivity index (χ2n) is 6.04. The van der Waals surface area contributed by atoms with Crippen molar-refractivity contribution in [1.82, 2.24) is 15.5 Å². The van der Waals surface area contributed by atoms with Gasteiger partial charge in [0.25, 0.3) is 0 Å². The minimum Gasteiger partial charge on any atom is -0.356 e. The van der Waals surface area contributed by atoms with Crippen LogP contribution >= 0.6 is 23.2 Å².